The van der Waals surface area contributed by atoms with Crippen LogP contribution in [-0.2, 0) is 9.59 Å². The average molecular weight is 270 g/mol. The van der Waals surface area contributed by atoms with Crippen LogP contribution in [-0.4, -0.2) is 35.1 Å². The molecule has 0 aromatic heterocycles. The highest BCUT2D eigenvalue weighted by atomic mass is 16.4. The van der Waals surface area contributed by atoms with Gasteiger partial charge in [-0.25, -0.2) is 0 Å². The minimum atomic E-state index is -1.03. The van der Waals surface area contributed by atoms with Crippen LogP contribution in [0.3, 0.4) is 0 Å². The molecule has 2 unspecified atom stereocenters. The lowest BCUT2D eigenvalue weighted by Crippen LogP contribution is -2.62. The number of nitrogens with one attached hydrogen (secondary N) is 2. The summed E-state index contributed by atoms with van der Waals surface area (Å²) < 4.78 is 0. The molecule has 1 amide bonds. The van der Waals surface area contributed by atoms with Gasteiger partial charge in [-0.05, 0) is 53.0 Å². The van der Waals surface area contributed by atoms with Crippen molar-refractivity contribution in [3.63, 3.8) is 0 Å². The molecule has 0 aromatic rings. The molecule has 3 N–H and O–H groups in total. The zero-order chi connectivity index (χ0) is 14.8. The first-order valence-corrected chi connectivity index (χ1v) is 6.88. The number of aliphatic carboxylic acids is 1. The fourth-order valence-electron chi connectivity index (χ4n) is 2.21. The largest absolute Gasteiger partial charge is 0.481 e. The third-order valence-electron chi connectivity index (χ3n) is 4.58. The molecule has 0 radical (unpaired) electrons. The average Bonchev–Trinajstić information content (AvgIpc) is 2.28. The molecule has 0 spiro atoms. The van der Waals surface area contributed by atoms with E-state index in [1.54, 1.807) is 27.7 Å². The van der Waals surface area contributed by atoms with Crippen LogP contribution in [0.1, 0.15) is 47.5 Å². The van der Waals surface area contributed by atoms with Gasteiger partial charge in [0.15, 0.2) is 0 Å². The topological polar surface area (TPSA) is 78.4 Å². The molecule has 1 aliphatic heterocycles. The van der Waals surface area contributed by atoms with E-state index >= 15 is 0 Å². The summed E-state index contributed by atoms with van der Waals surface area (Å²) in [4.78, 5) is 23.6. The number of hydrogen-bond donors (Lipinski definition) is 3. The lowest BCUT2D eigenvalue weighted by molar-refractivity contribution is -0.152. The molecule has 1 aliphatic rings. The SMILES string of the molecule is CC1CCCNC1C(=O)NC(C)(C)C(C)(C)C(=O)O. The molecule has 1 rings (SSSR count). The lowest BCUT2D eigenvalue weighted by Gasteiger charge is -2.41. The monoisotopic (exact) mass is 270 g/mol. The Bertz CT molecular complexity index is 364. The summed E-state index contributed by atoms with van der Waals surface area (Å²) in [6.45, 7) is 9.66. The fraction of sp³-hybridized carbons (Fsp3) is 0.857. The first-order valence-electron chi connectivity index (χ1n) is 6.88. The van der Waals surface area contributed by atoms with Gasteiger partial charge in [-0.1, -0.05) is 6.92 Å². The minimum Gasteiger partial charge on any atom is -0.481 e. The van der Waals surface area contributed by atoms with Crippen molar-refractivity contribution < 1.29 is 14.7 Å². The molecular formula is C14H26N2O3. The molecule has 19 heavy (non-hydrogen) atoms. The Balaban J connectivity index is 2.77. The van der Waals surface area contributed by atoms with E-state index in [0.717, 1.165) is 19.4 Å². The highest BCUT2D eigenvalue weighted by Crippen LogP contribution is 2.31. The van der Waals surface area contributed by atoms with Crippen molar-refractivity contribution in [2.24, 2.45) is 11.3 Å². The summed E-state index contributed by atoms with van der Waals surface area (Å²) in [6.07, 6.45) is 2.10. The van der Waals surface area contributed by atoms with Crippen molar-refractivity contribution in [1.29, 1.82) is 0 Å². The Morgan fingerprint density at radius 2 is 1.84 bits per heavy atom. The van der Waals surface area contributed by atoms with Crippen LogP contribution >= 0.6 is 0 Å². The highest BCUT2D eigenvalue weighted by Gasteiger charge is 2.45. The molecule has 0 saturated carbocycles. The molecule has 1 fully saturated rings. The van der Waals surface area contributed by atoms with E-state index in [4.69, 9.17) is 0 Å². The Hall–Kier alpha value is -1.10. The zero-order valence-electron chi connectivity index (χ0n) is 12.5. The van der Waals surface area contributed by atoms with E-state index in [0.29, 0.717) is 0 Å². The lowest BCUT2D eigenvalue weighted by atomic mass is 9.74. The molecule has 0 aromatic carbocycles. The number of carboxylic acid groups (broad SMARTS) is 1. The van der Waals surface area contributed by atoms with Crippen molar-refractivity contribution >= 4 is 11.9 Å². The minimum absolute atomic E-state index is 0.105. The van der Waals surface area contributed by atoms with Gasteiger partial charge in [-0.15, -0.1) is 0 Å². The fourth-order valence-corrected chi connectivity index (χ4v) is 2.21. The van der Waals surface area contributed by atoms with E-state index in [1.807, 2.05) is 6.92 Å². The van der Waals surface area contributed by atoms with Crippen LogP contribution in [0.4, 0.5) is 0 Å². The second kappa shape index (κ2) is 5.49. The van der Waals surface area contributed by atoms with Gasteiger partial charge in [0, 0.05) is 0 Å². The molecule has 2 atom stereocenters. The van der Waals surface area contributed by atoms with E-state index < -0.39 is 16.9 Å². The van der Waals surface area contributed by atoms with E-state index in [2.05, 4.69) is 10.6 Å². The standard InChI is InChI=1S/C14H26N2O3/c1-9-7-6-8-15-10(9)11(17)16-14(4,5)13(2,3)12(18)19/h9-10,15H,6-8H2,1-5H3,(H,16,17)(H,18,19). The number of amides is 1. The first-order chi connectivity index (χ1) is 8.59. The van der Waals surface area contributed by atoms with Gasteiger partial charge in [-0.3, -0.25) is 9.59 Å². The predicted octanol–water partition coefficient (Wildman–Crippen LogP) is 1.38. The molecular weight excluding hydrogens is 244 g/mol. The van der Waals surface area contributed by atoms with Crippen LogP contribution in [0.2, 0.25) is 0 Å². The normalized spacial score (nSPS) is 24.9. The Labute approximate surface area is 115 Å². The van der Waals surface area contributed by atoms with Crippen LogP contribution in [0.15, 0.2) is 0 Å². The third-order valence-corrected chi connectivity index (χ3v) is 4.58. The summed E-state index contributed by atoms with van der Waals surface area (Å²) in [5, 5.41) is 15.4. The third kappa shape index (κ3) is 3.26. The van der Waals surface area contributed by atoms with E-state index in [-0.39, 0.29) is 17.9 Å². The quantitative estimate of drug-likeness (QED) is 0.721. The Kier molecular flexibility index (Phi) is 4.61. The highest BCUT2D eigenvalue weighted by molar-refractivity contribution is 5.84. The number of carbonyl (C=O) groups is 2. The second-order valence-electron chi connectivity index (χ2n) is 6.60. The van der Waals surface area contributed by atoms with E-state index in [9.17, 15) is 14.7 Å². The van der Waals surface area contributed by atoms with Gasteiger partial charge in [0.2, 0.25) is 5.91 Å². The molecule has 110 valence electrons. The first kappa shape index (κ1) is 16.0. The van der Waals surface area contributed by atoms with E-state index in [1.165, 1.54) is 0 Å². The number of hydrogen-bond acceptors (Lipinski definition) is 3. The summed E-state index contributed by atoms with van der Waals surface area (Å²) >= 11 is 0. The van der Waals surface area contributed by atoms with Crippen LogP contribution in [0, 0.1) is 11.3 Å². The summed E-state index contributed by atoms with van der Waals surface area (Å²) in [6, 6.07) is -0.224. The molecule has 1 heterocycles. The van der Waals surface area contributed by atoms with Crippen LogP contribution in [0.25, 0.3) is 0 Å². The maximum absolute atomic E-state index is 12.3. The number of rotatable bonds is 4. The van der Waals surface area contributed by atoms with Gasteiger partial charge >= 0.3 is 5.97 Å². The van der Waals surface area contributed by atoms with Crippen molar-refractivity contribution in [1.82, 2.24) is 10.6 Å². The molecule has 1 saturated heterocycles. The number of carboxylic acids is 1. The molecule has 5 heteroatoms. The summed E-state index contributed by atoms with van der Waals surface area (Å²) in [5.74, 6) is -0.744. The predicted molar refractivity (Wildman–Crippen MR) is 73.8 cm³/mol. The maximum Gasteiger partial charge on any atom is 0.311 e. The van der Waals surface area contributed by atoms with Crippen LogP contribution < -0.4 is 10.6 Å². The van der Waals surface area contributed by atoms with Crippen molar-refractivity contribution in [2.75, 3.05) is 6.54 Å². The van der Waals surface area contributed by atoms with Gasteiger partial charge in [0.25, 0.3) is 0 Å². The maximum atomic E-state index is 12.3. The van der Waals surface area contributed by atoms with Gasteiger partial charge in [0.05, 0.1) is 17.0 Å². The van der Waals surface area contributed by atoms with Gasteiger partial charge < -0.3 is 15.7 Å². The zero-order valence-corrected chi connectivity index (χ0v) is 12.5. The van der Waals surface area contributed by atoms with Crippen molar-refractivity contribution in [2.45, 2.75) is 59.0 Å². The molecule has 0 aliphatic carbocycles. The van der Waals surface area contributed by atoms with Gasteiger partial charge in [-0.2, -0.15) is 0 Å². The number of carbonyl (C=O) groups excluding carboxylic acids is 1. The molecule has 0 bridgehead atoms. The van der Waals surface area contributed by atoms with Crippen molar-refractivity contribution in [3.05, 3.63) is 0 Å². The summed E-state index contributed by atoms with van der Waals surface area (Å²) in [5.41, 5.74) is -1.84. The Morgan fingerprint density at radius 3 is 2.32 bits per heavy atom. The van der Waals surface area contributed by atoms with Crippen molar-refractivity contribution in [3.8, 4) is 0 Å². The van der Waals surface area contributed by atoms with Crippen LogP contribution in [0.5, 0.6) is 0 Å². The summed E-state index contributed by atoms with van der Waals surface area (Å²) in [7, 11) is 0. The second-order valence-corrected chi connectivity index (χ2v) is 6.60. The molecule has 5 nitrogen and oxygen atoms in total. The smallest absolute Gasteiger partial charge is 0.311 e. The Morgan fingerprint density at radius 1 is 1.26 bits per heavy atom. The number of piperidine rings is 1. The van der Waals surface area contributed by atoms with Gasteiger partial charge in [0.1, 0.15) is 0 Å².